The number of hydrogen-bond donors (Lipinski definition) is 3. The molecule has 1 aliphatic carbocycles. The van der Waals surface area contributed by atoms with Gasteiger partial charge in [0.15, 0.2) is 0 Å². The fourth-order valence-corrected chi connectivity index (χ4v) is 2.35. The summed E-state index contributed by atoms with van der Waals surface area (Å²) in [5, 5.41) is 21.8. The number of benzene rings is 1. The van der Waals surface area contributed by atoms with Crippen LogP contribution in [0.5, 0.6) is 0 Å². The zero-order chi connectivity index (χ0) is 13.1. The van der Waals surface area contributed by atoms with Crippen molar-refractivity contribution in [2.24, 2.45) is 0 Å². The first kappa shape index (κ1) is 12.9. The van der Waals surface area contributed by atoms with E-state index in [-0.39, 0.29) is 6.10 Å². The largest absolute Gasteiger partial charge is 0.478 e. The molecule has 98 valence electrons. The van der Waals surface area contributed by atoms with E-state index in [9.17, 15) is 9.90 Å². The summed E-state index contributed by atoms with van der Waals surface area (Å²) in [5.41, 5.74) is 2.24. The van der Waals surface area contributed by atoms with E-state index in [2.05, 4.69) is 5.32 Å². The predicted octanol–water partition coefficient (Wildman–Crippen LogP) is 2.41. The van der Waals surface area contributed by atoms with E-state index in [1.165, 1.54) is 0 Å². The minimum absolute atomic E-state index is 0.172. The molecule has 0 aliphatic heterocycles. The fourth-order valence-electron chi connectivity index (χ4n) is 2.35. The molecule has 2 rings (SSSR count). The lowest BCUT2D eigenvalue weighted by atomic mass is 9.92. The van der Waals surface area contributed by atoms with Gasteiger partial charge in [-0.2, -0.15) is 0 Å². The monoisotopic (exact) mass is 249 g/mol. The number of carbonyl (C=O) groups is 1. The van der Waals surface area contributed by atoms with Crippen molar-refractivity contribution in [2.45, 2.75) is 44.8 Å². The number of anilines is 1. The molecule has 1 aromatic rings. The minimum atomic E-state index is -0.905. The molecule has 1 saturated carbocycles. The Morgan fingerprint density at radius 2 is 1.94 bits per heavy atom. The highest BCUT2D eigenvalue weighted by atomic mass is 16.4. The molecule has 0 radical (unpaired) electrons. The second-order valence-electron chi connectivity index (χ2n) is 4.98. The zero-order valence-electron chi connectivity index (χ0n) is 10.5. The molecule has 1 fully saturated rings. The van der Waals surface area contributed by atoms with Crippen molar-refractivity contribution < 1.29 is 15.0 Å². The first-order valence-electron chi connectivity index (χ1n) is 6.35. The Bertz CT molecular complexity index is 437. The number of aryl methyl sites for hydroxylation is 1. The number of carboxylic acid groups (broad SMARTS) is 1. The summed E-state index contributed by atoms with van der Waals surface area (Å²) in [7, 11) is 0. The van der Waals surface area contributed by atoms with Gasteiger partial charge in [-0.1, -0.05) is 6.07 Å². The van der Waals surface area contributed by atoms with Crippen molar-refractivity contribution >= 4 is 11.7 Å². The number of hydrogen-bond acceptors (Lipinski definition) is 3. The van der Waals surface area contributed by atoms with Gasteiger partial charge in [-0.15, -0.1) is 0 Å². The van der Waals surface area contributed by atoms with Crippen LogP contribution in [0.4, 0.5) is 5.69 Å². The van der Waals surface area contributed by atoms with E-state index < -0.39 is 5.97 Å². The first-order valence-corrected chi connectivity index (χ1v) is 6.35. The first-order chi connectivity index (χ1) is 8.56. The van der Waals surface area contributed by atoms with Crippen LogP contribution in [0.15, 0.2) is 18.2 Å². The smallest absolute Gasteiger partial charge is 0.335 e. The van der Waals surface area contributed by atoms with E-state index in [4.69, 9.17) is 5.11 Å². The van der Waals surface area contributed by atoms with Crippen molar-refractivity contribution in [2.75, 3.05) is 5.32 Å². The van der Waals surface area contributed by atoms with Crippen LogP contribution in [0.25, 0.3) is 0 Å². The van der Waals surface area contributed by atoms with Crippen molar-refractivity contribution in [1.29, 1.82) is 0 Å². The summed E-state index contributed by atoms with van der Waals surface area (Å²) in [6.45, 7) is 1.96. The topological polar surface area (TPSA) is 69.6 Å². The van der Waals surface area contributed by atoms with Gasteiger partial charge < -0.3 is 15.5 Å². The molecule has 0 amide bonds. The molecule has 0 aromatic heterocycles. The summed E-state index contributed by atoms with van der Waals surface area (Å²) in [4.78, 5) is 10.9. The van der Waals surface area contributed by atoms with Gasteiger partial charge in [0.2, 0.25) is 0 Å². The molecule has 0 bridgehead atoms. The van der Waals surface area contributed by atoms with Gasteiger partial charge in [-0.05, 0) is 50.3 Å². The third-order valence-electron chi connectivity index (χ3n) is 3.54. The standard InChI is InChI=1S/C14H19NO3/c1-9-2-3-10(14(17)18)8-13(9)15-11-4-6-12(16)7-5-11/h2-3,8,11-12,15-16H,4-7H2,1H3,(H,17,18). The Balaban J connectivity index is 2.08. The minimum Gasteiger partial charge on any atom is -0.478 e. The van der Waals surface area contributed by atoms with Gasteiger partial charge in [-0.25, -0.2) is 4.79 Å². The molecule has 0 spiro atoms. The lowest BCUT2D eigenvalue weighted by Gasteiger charge is -2.27. The highest BCUT2D eigenvalue weighted by molar-refractivity contribution is 5.89. The van der Waals surface area contributed by atoms with Crippen LogP contribution in [0.2, 0.25) is 0 Å². The number of aromatic carboxylic acids is 1. The van der Waals surface area contributed by atoms with Gasteiger partial charge in [-0.3, -0.25) is 0 Å². The molecule has 0 heterocycles. The van der Waals surface area contributed by atoms with Crippen LogP contribution >= 0.6 is 0 Å². The number of nitrogens with one attached hydrogen (secondary N) is 1. The average Bonchev–Trinajstić information content (AvgIpc) is 2.34. The quantitative estimate of drug-likeness (QED) is 0.769. The molecular formula is C14H19NO3. The van der Waals surface area contributed by atoms with Crippen LogP contribution in [0.3, 0.4) is 0 Å². The molecule has 18 heavy (non-hydrogen) atoms. The van der Waals surface area contributed by atoms with Crippen LogP contribution in [-0.4, -0.2) is 28.3 Å². The van der Waals surface area contributed by atoms with Gasteiger partial charge in [0, 0.05) is 11.7 Å². The van der Waals surface area contributed by atoms with Gasteiger partial charge in [0.1, 0.15) is 0 Å². The Morgan fingerprint density at radius 3 is 2.56 bits per heavy atom. The van der Waals surface area contributed by atoms with Crippen molar-refractivity contribution in [3.63, 3.8) is 0 Å². The highest BCUT2D eigenvalue weighted by Crippen LogP contribution is 2.24. The maximum absolute atomic E-state index is 10.9. The molecule has 3 N–H and O–H groups in total. The number of carboxylic acids is 1. The lowest BCUT2D eigenvalue weighted by Crippen LogP contribution is -2.28. The average molecular weight is 249 g/mol. The van der Waals surface area contributed by atoms with Crippen molar-refractivity contribution in [3.8, 4) is 0 Å². The number of rotatable bonds is 3. The maximum Gasteiger partial charge on any atom is 0.335 e. The summed E-state index contributed by atoms with van der Waals surface area (Å²) < 4.78 is 0. The molecule has 1 aromatic carbocycles. The van der Waals surface area contributed by atoms with E-state index in [1.54, 1.807) is 12.1 Å². The molecule has 0 atom stereocenters. The normalized spacial score (nSPS) is 23.7. The van der Waals surface area contributed by atoms with Crippen LogP contribution in [0.1, 0.15) is 41.6 Å². The molecule has 0 unspecified atom stereocenters. The van der Waals surface area contributed by atoms with E-state index in [0.717, 1.165) is 36.9 Å². The predicted molar refractivity (Wildman–Crippen MR) is 70.0 cm³/mol. The zero-order valence-corrected chi connectivity index (χ0v) is 10.5. The highest BCUT2D eigenvalue weighted by Gasteiger charge is 2.19. The molecule has 1 aliphatic rings. The van der Waals surface area contributed by atoms with Crippen molar-refractivity contribution in [3.05, 3.63) is 29.3 Å². The lowest BCUT2D eigenvalue weighted by molar-refractivity contribution is 0.0697. The van der Waals surface area contributed by atoms with E-state index >= 15 is 0 Å². The molecule has 4 heteroatoms. The molecule has 4 nitrogen and oxygen atoms in total. The Labute approximate surface area is 107 Å². The molecule has 0 saturated heterocycles. The van der Waals surface area contributed by atoms with Crippen LogP contribution < -0.4 is 5.32 Å². The maximum atomic E-state index is 10.9. The van der Waals surface area contributed by atoms with Crippen LogP contribution in [-0.2, 0) is 0 Å². The summed E-state index contributed by atoms with van der Waals surface area (Å²) in [6.07, 6.45) is 3.31. The third kappa shape index (κ3) is 3.01. The van der Waals surface area contributed by atoms with E-state index in [0.29, 0.717) is 11.6 Å². The Kier molecular flexibility index (Phi) is 3.87. The second-order valence-corrected chi connectivity index (χ2v) is 4.98. The van der Waals surface area contributed by atoms with Gasteiger partial charge >= 0.3 is 5.97 Å². The number of aliphatic hydroxyl groups excluding tert-OH is 1. The Morgan fingerprint density at radius 1 is 1.28 bits per heavy atom. The SMILES string of the molecule is Cc1ccc(C(=O)O)cc1NC1CCC(O)CC1. The van der Waals surface area contributed by atoms with Crippen LogP contribution in [0, 0.1) is 6.92 Å². The second kappa shape index (κ2) is 5.40. The summed E-state index contributed by atoms with van der Waals surface area (Å²) in [5.74, 6) is -0.905. The summed E-state index contributed by atoms with van der Waals surface area (Å²) in [6, 6.07) is 5.45. The van der Waals surface area contributed by atoms with Gasteiger partial charge in [0.05, 0.1) is 11.7 Å². The number of aliphatic hydroxyl groups is 1. The molecular weight excluding hydrogens is 230 g/mol. The Hall–Kier alpha value is -1.55. The van der Waals surface area contributed by atoms with E-state index in [1.807, 2.05) is 13.0 Å². The fraction of sp³-hybridized carbons (Fsp3) is 0.500. The third-order valence-corrected chi connectivity index (χ3v) is 3.54. The van der Waals surface area contributed by atoms with Gasteiger partial charge in [0.25, 0.3) is 0 Å². The summed E-state index contributed by atoms with van der Waals surface area (Å²) >= 11 is 0. The van der Waals surface area contributed by atoms with Crippen molar-refractivity contribution in [1.82, 2.24) is 0 Å².